The molecule has 0 aromatic rings. The van der Waals surface area contributed by atoms with Gasteiger partial charge in [-0.3, -0.25) is 0 Å². The van der Waals surface area contributed by atoms with Crippen LogP contribution in [0.5, 0.6) is 0 Å². The molecule has 0 heterocycles. The van der Waals surface area contributed by atoms with Crippen molar-refractivity contribution >= 4 is 35.7 Å². The topological polar surface area (TPSA) is 36.1 Å². The van der Waals surface area contributed by atoms with Gasteiger partial charge in [-0.2, -0.15) is 0 Å². The van der Waals surface area contributed by atoms with E-state index < -0.39 is 0 Å². The Bertz CT molecular complexity index is 51.5. The molecule has 0 saturated carbocycles. The third kappa shape index (κ3) is 2.55. The van der Waals surface area contributed by atoms with Gasteiger partial charge in [0.15, 0.2) is 0 Å². The van der Waals surface area contributed by atoms with E-state index in [0.29, 0.717) is 0 Å². The summed E-state index contributed by atoms with van der Waals surface area (Å²) >= 11 is 0.733. The van der Waals surface area contributed by atoms with Gasteiger partial charge in [-0.05, 0) is 0 Å². The van der Waals surface area contributed by atoms with Crippen LogP contribution in [-0.2, 0) is 0 Å². The molecule has 4 heavy (non-hydrogen) atoms. The molecule has 16 valence electrons. The van der Waals surface area contributed by atoms with Crippen molar-refractivity contribution < 1.29 is 0 Å². The zero-order valence-electron chi connectivity index (χ0n) is 2.10. The summed E-state index contributed by atoms with van der Waals surface area (Å²) < 4.78 is 3.17. The molecule has 0 spiro atoms. The van der Waals surface area contributed by atoms with E-state index in [4.69, 9.17) is 5.26 Å². The summed E-state index contributed by atoms with van der Waals surface area (Å²) in [6.45, 7) is 0. The van der Waals surface area contributed by atoms with Gasteiger partial charge >= 0.3 is 48.5 Å². The SMILES string of the molecule is N#C[N]=[Ca]. The predicted molar refractivity (Wildman–Crippen MR) is 13.8 cm³/mol. The Morgan fingerprint density at radius 3 is 2.25 bits per heavy atom. The third-order valence-electron chi connectivity index (χ3n) is 0.0707. The van der Waals surface area contributed by atoms with Gasteiger partial charge in [-0.15, -0.1) is 0 Å². The van der Waals surface area contributed by atoms with Gasteiger partial charge in [-0.1, -0.05) is 0 Å². The van der Waals surface area contributed by atoms with Crippen LogP contribution >= 0.6 is 0 Å². The molecular formula is CCaN2. The Labute approximate surface area is 48.2 Å². The van der Waals surface area contributed by atoms with Gasteiger partial charge in [0.2, 0.25) is 0 Å². The molecule has 0 aromatic carbocycles. The predicted octanol–water partition coefficient (Wildman–Crippen LogP) is -0.180. The second-order valence-electron chi connectivity index (χ2n) is 0.258. The zero-order chi connectivity index (χ0) is 3.41. The van der Waals surface area contributed by atoms with Gasteiger partial charge < -0.3 is 0 Å². The van der Waals surface area contributed by atoms with E-state index in [2.05, 4.69) is 1.40 Å². The van der Waals surface area contributed by atoms with Crippen molar-refractivity contribution in [1.82, 2.24) is 0 Å². The van der Waals surface area contributed by atoms with Crippen molar-refractivity contribution in [2.24, 2.45) is 1.40 Å². The molecule has 0 unspecified atom stereocenters. The number of nitrogens with zero attached hydrogens (tertiary/aromatic N) is 2. The van der Waals surface area contributed by atoms with Crippen LogP contribution in [0, 0.1) is 11.5 Å². The van der Waals surface area contributed by atoms with Gasteiger partial charge in [0, 0.05) is 0 Å². The van der Waals surface area contributed by atoms with Crippen LogP contribution in [0.3, 0.4) is 0 Å². The monoisotopic (exact) mass is 80.0 g/mol. The molecule has 0 radical (unpaired) electrons. The molecule has 0 aromatic heterocycles. The number of hydrogen-bond donors (Lipinski definition) is 0. The molecule has 0 aliphatic heterocycles. The molecule has 0 bridgehead atoms. The Morgan fingerprint density at radius 1 is 2.00 bits per heavy atom. The summed E-state index contributed by atoms with van der Waals surface area (Å²) in [7, 11) is 0. The Kier molecular flexibility index (Phi) is 4.04. The fraction of sp³-hybridized carbons (Fsp3) is 0. The van der Waals surface area contributed by atoms with Gasteiger partial charge in [-0.25, -0.2) is 0 Å². The third-order valence-corrected chi connectivity index (χ3v) is 0.292. The van der Waals surface area contributed by atoms with Crippen LogP contribution in [0.15, 0.2) is 1.40 Å². The average molecular weight is 80.1 g/mol. The summed E-state index contributed by atoms with van der Waals surface area (Å²) in [5.41, 5.74) is 0. The van der Waals surface area contributed by atoms with Gasteiger partial charge in [0.05, 0.1) is 0 Å². The molecule has 0 aliphatic rings. The molecule has 0 saturated heterocycles. The maximum absolute atomic E-state index is 7.49. The van der Waals surface area contributed by atoms with E-state index in [1.807, 2.05) is 0 Å². The Hall–Kier alpha value is 0.550. The fourth-order valence-corrected chi connectivity index (χ4v) is 0. The van der Waals surface area contributed by atoms with Crippen molar-refractivity contribution in [3.8, 4) is 6.19 Å². The van der Waals surface area contributed by atoms with Crippen LogP contribution in [0.25, 0.3) is 0 Å². The summed E-state index contributed by atoms with van der Waals surface area (Å²) in [4.78, 5) is 0. The first-order valence-electron chi connectivity index (χ1n) is 0.763. The van der Waals surface area contributed by atoms with Gasteiger partial charge in [0.1, 0.15) is 0 Å². The average Bonchev–Trinajstić information content (AvgIpc) is 1.37. The first kappa shape index (κ1) is 4.55. The minimum absolute atomic E-state index is 0.733. The summed E-state index contributed by atoms with van der Waals surface area (Å²) in [6, 6.07) is 0. The first-order chi connectivity index (χ1) is 1.91. The summed E-state index contributed by atoms with van der Waals surface area (Å²) in [5.74, 6) is 0. The normalized spacial score (nSPS) is 4.25. The Morgan fingerprint density at radius 2 is 2.25 bits per heavy atom. The van der Waals surface area contributed by atoms with Crippen LogP contribution in [-0.4, -0.2) is 35.7 Å². The zero-order valence-corrected chi connectivity index (χ0v) is 4.31. The quantitative estimate of drug-likeness (QED) is 0.293. The van der Waals surface area contributed by atoms with E-state index in [1.165, 1.54) is 0 Å². The number of nitriles is 1. The van der Waals surface area contributed by atoms with Crippen molar-refractivity contribution in [3.63, 3.8) is 0 Å². The van der Waals surface area contributed by atoms with E-state index in [-0.39, 0.29) is 0 Å². The molecule has 0 aliphatic carbocycles. The molecular weight excluding hydrogens is 80.1 g/mol. The number of hydrogen-bond acceptors (Lipinski definition) is 2. The van der Waals surface area contributed by atoms with E-state index in [0.717, 1.165) is 35.7 Å². The first-order valence-corrected chi connectivity index (χ1v) is 1.75. The molecule has 2 nitrogen and oxygen atoms in total. The number of rotatable bonds is 0. The van der Waals surface area contributed by atoms with Crippen molar-refractivity contribution in [2.45, 2.75) is 0 Å². The van der Waals surface area contributed by atoms with Crippen molar-refractivity contribution in [2.75, 3.05) is 0 Å². The fourth-order valence-electron chi connectivity index (χ4n) is 0. The van der Waals surface area contributed by atoms with Crippen molar-refractivity contribution in [3.05, 3.63) is 0 Å². The minimum atomic E-state index is 0.733. The second kappa shape index (κ2) is 3.55. The van der Waals surface area contributed by atoms with E-state index in [1.54, 1.807) is 6.19 Å². The maximum atomic E-state index is 7.49. The summed E-state index contributed by atoms with van der Waals surface area (Å²) in [6.07, 6.45) is 1.61. The van der Waals surface area contributed by atoms with E-state index in [9.17, 15) is 0 Å². The molecule has 0 amide bonds. The van der Waals surface area contributed by atoms with Crippen molar-refractivity contribution in [1.29, 1.82) is 5.26 Å². The molecule has 3 heteroatoms. The molecule has 0 N–H and O–H groups in total. The van der Waals surface area contributed by atoms with Crippen LogP contribution < -0.4 is 0 Å². The summed E-state index contributed by atoms with van der Waals surface area (Å²) in [5, 5.41) is 7.49. The molecule has 0 atom stereocenters. The Balaban J connectivity index is 2.92. The van der Waals surface area contributed by atoms with Gasteiger partial charge in [0.25, 0.3) is 0 Å². The van der Waals surface area contributed by atoms with Crippen LogP contribution in [0.2, 0.25) is 0 Å². The standard InChI is InChI=1S/CN2.Ca/c2-1-3;. The second-order valence-corrected chi connectivity index (χ2v) is 0.752. The van der Waals surface area contributed by atoms with Crippen LogP contribution in [0.1, 0.15) is 0 Å². The molecule has 0 fully saturated rings. The molecule has 0 rings (SSSR count). The van der Waals surface area contributed by atoms with E-state index >= 15 is 0 Å². The van der Waals surface area contributed by atoms with Crippen LogP contribution in [0.4, 0.5) is 0 Å².